The lowest BCUT2D eigenvalue weighted by atomic mass is 10.0. The van der Waals surface area contributed by atoms with Crippen molar-refractivity contribution in [2.45, 2.75) is 59.0 Å². The Bertz CT molecular complexity index is 290. The van der Waals surface area contributed by atoms with Gasteiger partial charge in [-0.25, -0.2) is 0 Å². The Kier molecular flexibility index (Phi) is 2.61. The summed E-state index contributed by atoms with van der Waals surface area (Å²) in [4.78, 5) is 2.70. The predicted octanol–water partition coefficient (Wildman–Crippen LogP) is 2.49. The molecule has 3 rings (SSSR count). The van der Waals surface area contributed by atoms with Gasteiger partial charge in [-0.05, 0) is 42.6 Å². The van der Waals surface area contributed by atoms with Gasteiger partial charge in [0.25, 0.3) is 0 Å². The van der Waals surface area contributed by atoms with Crippen LogP contribution < -0.4 is 5.32 Å². The number of nitrogens with zero attached hydrogens (tertiary/aromatic N) is 1. The smallest absolute Gasteiger partial charge is 0.0207 e. The van der Waals surface area contributed by atoms with Crippen LogP contribution in [0.1, 0.15) is 47.0 Å². The molecule has 2 aliphatic carbocycles. The lowest BCUT2D eigenvalue weighted by molar-refractivity contribution is 0.316. The third-order valence-electron chi connectivity index (χ3n) is 6.21. The van der Waals surface area contributed by atoms with Gasteiger partial charge in [0.15, 0.2) is 0 Å². The SMILES string of the molecule is CC1(C)C(CNC2CCN(C3CC3)C2)C1(C)C. The zero-order chi connectivity index (χ0) is 12.3. The highest BCUT2D eigenvalue weighted by molar-refractivity contribution is 5.13. The molecular weight excluding hydrogens is 208 g/mol. The van der Waals surface area contributed by atoms with Crippen molar-refractivity contribution in [3.05, 3.63) is 0 Å². The lowest BCUT2D eigenvalue weighted by Crippen LogP contribution is -2.35. The molecule has 2 heteroatoms. The average molecular weight is 236 g/mol. The second kappa shape index (κ2) is 3.71. The summed E-state index contributed by atoms with van der Waals surface area (Å²) in [5.74, 6) is 0.866. The van der Waals surface area contributed by atoms with Crippen LogP contribution in [-0.4, -0.2) is 36.6 Å². The maximum atomic E-state index is 3.83. The maximum absolute atomic E-state index is 3.83. The van der Waals surface area contributed by atoms with Crippen molar-refractivity contribution in [3.8, 4) is 0 Å². The summed E-state index contributed by atoms with van der Waals surface area (Å²) >= 11 is 0. The molecule has 3 fully saturated rings. The van der Waals surface area contributed by atoms with Crippen molar-refractivity contribution >= 4 is 0 Å². The highest BCUT2D eigenvalue weighted by atomic mass is 15.2. The van der Waals surface area contributed by atoms with Crippen molar-refractivity contribution in [1.82, 2.24) is 10.2 Å². The average Bonchev–Trinajstić information content (AvgIpc) is 3.07. The third-order valence-corrected chi connectivity index (χ3v) is 6.21. The molecule has 3 aliphatic rings. The van der Waals surface area contributed by atoms with Gasteiger partial charge in [0, 0.05) is 25.2 Å². The summed E-state index contributed by atoms with van der Waals surface area (Å²) in [6.07, 6.45) is 4.27. The van der Waals surface area contributed by atoms with Crippen molar-refractivity contribution in [1.29, 1.82) is 0 Å². The summed E-state index contributed by atoms with van der Waals surface area (Å²) in [5, 5.41) is 3.83. The second-order valence-electron chi connectivity index (χ2n) is 7.62. The quantitative estimate of drug-likeness (QED) is 0.807. The van der Waals surface area contributed by atoms with E-state index < -0.39 is 0 Å². The van der Waals surface area contributed by atoms with Crippen LogP contribution in [0, 0.1) is 16.7 Å². The van der Waals surface area contributed by atoms with Gasteiger partial charge >= 0.3 is 0 Å². The number of nitrogens with one attached hydrogen (secondary N) is 1. The Balaban J connectivity index is 1.44. The van der Waals surface area contributed by atoms with E-state index in [1.165, 1.54) is 38.9 Å². The van der Waals surface area contributed by atoms with E-state index in [0.29, 0.717) is 10.8 Å². The van der Waals surface area contributed by atoms with Crippen LogP contribution in [0.15, 0.2) is 0 Å². The van der Waals surface area contributed by atoms with E-state index in [1.54, 1.807) is 0 Å². The molecule has 1 atom stereocenters. The first-order valence-electron chi connectivity index (χ1n) is 7.40. The molecule has 1 aliphatic heterocycles. The molecule has 0 aromatic carbocycles. The van der Waals surface area contributed by atoms with Gasteiger partial charge in [0.2, 0.25) is 0 Å². The monoisotopic (exact) mass is 236 g/mol. The van der Waals surface area contributed by atoms with Crippen LogP contribution >= 0.6 is 0 Å². The fraction of sp³-hybridized carbons (Fsp3) is 1.00. The van der Waals surface area contributed by atoms with E-state index >= 15 is 0 Å². The summed E-state index contributed by atoms with van der Waals surface area (Å²) < 4.78 is 0. The zero-order valence-corrected chi connectivity index (χ0v) is 11.9. The Morgan fingerprint density at radius 3 is 2.24 bits per heavy atom. The van der Waals surface area contributed by atoms with Crippen LogP contribution in [-0.2, 0) is 0 Å². The van der Waals surface area contributed by atoms with Crippen LogP contribution in [0.5, 0.6) is 0 Å². The molecule has 0 aromatic rings. The topological polar surface area (TPSA) is 15.3 Å². The summed E-state index contributed by atoms with van der Waals surface area (Å²) in [7, 11) is 0. The molecule has 0 aromatic heterocycles. The highest BCUT2D eigenvalue weighted by Gasteiger charge is 2.63. The zero-order valence-electron chi connectivity index (χ0n) is 11.9. The molecule has 0 spiro atoms. The van der Waals surface area contributed by atoms with E-state index in [2.05, 4.69) is 37.9 Å². The van der Waals surface area contributed by atoms with Crippen LogP contribution in [0.4, 0.5) is 0 Å². The van der Waals surface area contributed by atoms with Gasteiger partial charge in [-0.3, -0.25) is 4.90 Å². The fourth-order valence-corrected chi connectivity index (χ4v) is 3.85. The fourth-order valence-electron chi connectivity index (χ4n) is 3.85. The summed E-state index contributed by atoms with van der Waals surface area (Å²) in [6.45, 7) is 13.5. The number of hydrogen-bond acceptors (Lipinski definition) is 2. The normalized spacial score (nSPS) is 36.4. The van der Waals surface area contributed by atoms with Crippen molar-refractivity contribution < 1.29 is 0 Å². The predicted molar refractivity (Wildman–Crippen MR) is 72.1 cm³/mol. The van der Waals surface area contributed by atoms with Gasteiger partial charge in [-0.1, -0.05) is 27.7 Å². The summed E-state index contributed by atoms with van der Waals surface area (Å²) in [6, 6.07) is 1.72. The summed E-state index contributed by atoms with van der Waals surface area (Å²) in [5.41, 5.74) is 1.07. The molecular formula is C15H28N2. The maximum Gasteiger partial charge on any atom is 0.0207 e. The largest absolute Gasteiger partial charge is 0.312 e. The molecule has 0 radical (unpaired) electrons. The molecule has 1 heterocycles. The van der Waals surface area contributed by atoms with Crippen molar-refractivity contribution in [2.24, 2.45) is 16.7 Å². The number of hydrogen-bond donors (Lipinski definition) is 1. The van der Waals surface area contributed by atoms with Crippen LogP contribution in [0.25, 0.3) is 0 Å². The van der Waals surface area contributed by atoms with Gasteiger partial charge < -0.3 is 5.32 Å². The second-order valence-corrected chi connectivity index (χ2v) is 7.62. The first-order chi connectivity index (χ1) is 7.93. The standard InChI is InChI=1S/C15H28N2/c1-14(2)13(15(14,3)4)9-16-11-7-8-17(10-11)12-5-6-12/h11-13,16H,5-10H2,1-4H3. The minimum absolute atomic E-state index is 0.536. The Hall–Kier alpha value is -0.0800. The number of rotatable bonds is 4. The molecule has 0 bridgehead atoms. The first kappa shape index (κ1) is 12.0. The lowest BCUT2D eigenvalue weighted by Gasteiger charge is -2.16. The van der Waals surface area contributed by atoms with Gasteiger partial charge in [-0.15, -0.1) is 0 Å². The first-order valence-corrected chi connectivity index (χ1v) is 7.40. The van der Waals surface area contributed by atoms with E-state index in [-0.39, 0.29) is 0 Å². The highest BCUT2D eigenvalue weighted by Crippen LogP contribution is 2.67. The van der Waals surface area contributed by atoms with Gasteiger partial charge in [-0.2, -0.15) is 0 Å². The molecule has 1 saturated heterocycles. The van der Waals surface area contributed by atoms with E-state index in [1.807, 2.05) is 0 Å². The van der Waals surface area contributed by atoms with E-state index in [9.17, 15) is 0 Å². The van der Waals surface area contributed by atoms with Crippen molar-refractivity contribution in [3.63, 3.8) is 0 Å². The Morgan fingerprint density at radius 1 is 1.06 bits per heavy atom. The molecule has 1 unspecified atom stereocenters. The molecule has 0 amide bonds. The van der Waals surface area contributed by atoms with E-state index in [0.717, 1.165) is 18.0 Å². The molecule has 17 heavy (non-hydrogen) atoms. The molecule has 2 nitrogen and oxygen atoms in total. The molecule has 2 saturated carbocycles. The number of likely N-dealkylation sites (tertiary alicyclic amines) is 1. The minimum Gasteiger partial charge on any atom is -0.312 e. The Labute approximate surface area is 106 Å². The van der Waals surface area contributed by atoms with Crippen LogP contribution in [0.2, 0.25) is 0 Å². The Morgan fingerprint density at radius 2 is 1.71 bits per heavy atom. The minimum atomic E-state index is 0.536. The van der Waals surface area contributed by atoms with E-state index in [4.69, 9.17) is 0 Å². The van der Waals surface area contributed by atoms with Gasteiger partial charge in [0.1, 0.15) is 0 Å². The van der Waals surface area contributed by atoms with Gasteiger partial charge in [0.05, 0.1) is 0 Å². The van der Waals surface area contributed by atoms with Crippen LogP contribution in [0.3, 0.4) is 0 Å². The molecule has 1 N–H and O–H groups in total. The third kappa shape index (κ3) is 1.94. The molecule has 98 valence electrons. The van der Waals surface area contributed by atoms with Crippen molar-refractivity contribution in [2.75, 3.05) is 19.6 Å².